The van der Waals surface area contributed by atoms with Crippen molar-refractivity contribution in [3.05, 3.63) is 34.1 Å². The quantitative estimate of drug-likeness (QED) is 0.423. The third kappa shape index (κ3) is 6.42. The van der Waals surface area contributed by atoms with Crippen molar-refractivity contribution in [3.63, 3.8) is 0 Å². The maximum absolute atomic E-state index is 14.5. The van der Waals surface area contributed by atoms with Gasteiger partial charge in [-0.05, 0) is 80.4 Å². The summed E-state index contributed by atoms with van der Waals surface area (Å²) >= 11 is 4.80. The average Bonchev–Trinajstić information content (AvgIpc) is 3.41. The Morgan fingerprint density at radius 3 is 2.68 bits per heavy atom. The van der Waals surface area contributed by atoms with E-state index in [9.17, 15) is 17.8 Å². The van der Waals surface area contributed by atoms with Crippen molar-refractivity contribution in [3.8, 4) is 0 Å². The van der Waals surface area contributed by atoms with Crippen LogP contribution in [0.15, 0.2) is 22.7 Å². The van der Waals surface area contributed by atoms with Crippen LogP contribution in [-0.2, 0) is 22.1 Å². The van der Waals surface area contributed by atoms with E-state index in [1.54, 1.807) is 50.7 Å². The summed E-state index contributed by atoms with van der Waals surface area (Å²) in [5.41, 5.74) is -0.00299. The summed E-state index contributed by atoms with van der Waals surface area (Å²) in [7, 11) is -1.81. The van der Waals surface area contributed by atoms with Crippen molar-refractivity contribution in [2.45, 2.75) is 68.3 Å². The Kier molecular flexibility index (Phi) is 7.76. The second-order valence-electron chi connectivity index (χ2n) is 9.10. The highest BCUT2D eigenvalue weighted by Gasteiger charge is 2.55. The van der Waals surface area contributed by atoms with Crippen LogP contribution in [0.25, 0.3) is 0 Å². The number of carbonyl (C=O) groups is 1. The molecule has 174 valence electrons. The van der Waals surface area contributed by atoms with E-state index in [0.29, 0.717) is 48.7 Å². The van der Waals surface area contributed by atoms with Gasteiger partial charge in [0.2, 0.25) is 0 Å². The molecule has 1 amide bonds. The maximum Gasteiger partial charge on any atom is 0.407 e. The lowest BCUT2D eigenvalue weighted by atomic mass is 9.89. The van der Waals surface area contributed by atoms with Crippen LogP contribution in [0.5, 0.6) is 0 Å². The van der Waals surface area contributed by atoms with Gasteiger partial charge in [0.25, 0.3) is 0 Å². The van der Waals surface area contributed by atoms with Crippen molar-refractivity contribution in [2.75, 3.05) is 12.3 Å². The van der Waals surface area contributed by atoms with Crippen LogP contribution < -0.4 is 10.0 Å². The van der Waals surface area contributed by atoms with E-state index in [0.717, 1.165) is 5.75 Å². The number of halogens is 3. The predicted octanol–water partition coefficient (Wildman–Crippen LogP) is 5.21. The maximum atomic E-state index is 14.5. The van der Waals surface area contributed by atoms with Crippen LogP contribution in [0.1, 0.15) is 52.0 Å². The largest absolute Gasteiger partial charge is 0.444 e. The molecule has 1 aliphatic heterocycles. The molecule has 1 saturated heterocycles. The second kappa shape index (κ2) is 9.65. The van der Waals surface area contributed by atoms with Crippen molar-refractivity contribution in [1.29, 1.82) is 0 Å². The molecule has 1 aliphatic carbocycles. The molecule has 0 aromatic heterocycles. The van der Waals surface area contributed by atoms with Gasteiger partial charge in [0.05, 0.1) is 9.34 Å². The molecule has 3 atom stereocenters. The number of nitrogens with one attached hydrogen (secondary N) is 2. The number of alkyl carbamates (subject to hydrolysis) is 1. The number of hydrogen-bond acceptors (Lipinski definition) is 4. The van der Waals surface area contributed by atoms with Crippen LogP contribution >= 0.6 is 27.7 Å². The third-order valence-corrected chi connectivity index (χ3v) is 9.42. The number of ether oxygens (including phenoxy) is 1. The Bertz CT molecular complexity index is 848. The minimum atomic E-state index is -1.81. The fourth-order valence-corrected chi connectivity index (χ4v) is 6.83. The topological polar surface area (TPSA) is 67.4 Å². The Hall–Kier alpha value is -0.710. The second-order valence-corrected chi connectivity index (χ2v) is 12.8. The Labute approximate surface area is 197 Å². The van der Waals surface area contributed by atoms with Gasteiger partial charge in [0.1, 0.15) is 22.4 Å². The van der Waals surface area contributed by atoms with Crippen LogP contribution in [0.4, 0.5) is 13.6 Å². The number of carbonyl (C=O) groups excluding carboxylic acids is 1. The number of amides is 1. The van der Waals surface area contributed by atoms with Crippen LogP contribution in [-0.4, -0.2) is 38.1 Å². The third-order valence-electron chi connectivity index (χ3n) is 5.33. The van der Waals surface area contributed by atoms with Crippen LogP contribution in [0, 0.1) is 11.7 Å². The van der Waals surface area contributed by atoms with Gasteiger partial charge in [-0.3, -0.25) is 0 Å². The van der Waals surface area contributed by atoms with Crippen LogP contribution in [0.2, 0.25) is 0 Å². The molecule has 0 spiro atoms. The lowest BCUT2D eigenvalue weighted by Crippen LogP contribution is -2.59. The summed E-state index contributed by atoms with van der Waals surface area (Å²) in [6.45, 7) is 5.76. The standard InChI is InChI=1S/C21H29BrF2N2O3S2/c1-19(2,3)29-18(27)25-11-5-8-21(26-31(28)20(24)9-10-20)15(13-30-21)12-14-6-4-7-16(22)17(14)23/h4,6-7,15,26H,5,8-13H2,1-3H3,(H,25,27). The fraction of sp³-hybridized carbons (Fsp3) is 0.667. The fourth-order valence-electron chi connectivity index (χ4n) is 3.43. The first-order valence-corrected chi connectivity index (χ1v) is 13.3. The van der Waals surface area contributed by atoms with Gasteiger partial charge in [0, 0.05) is 18.2 Å². The summed E-state index contributed by atoms with van der Waals surface area (Å²) in [4.78, 5) is 11.2. The number of thioether (sulfide) groups is 1. The van der Waals surface area contributed by atoms with E-state index in [4.69, 9.17) is 4.74 Å². The highest BCUT2D eigenvalue weighted by atomic mass is 79.9. The molecular formula is C21H29BrF2N2O3S2. The van der Waals surface area contributed by atoms with Gasteiger partial charge in [-0.25, -0.2) is 22.5 Å². The summed E-state index contributed by atoms with van der Waals surface area (Å²) in [5, 5.41) is 1.06. The average molecular weight is 540 g/mol. The lowest BCUT2D eigenvalue weighted by molar-refractivity contribution is 0.0526. The predicted molar refractivity (Wildman–Crippen MR) is 124 cm³/mol. The molecule has 2 fully saturated rings. The molecular weight excluding hydrogens is 510 g/mol. The van der Waals surface area contributed by atoms with E-state index in [1.165, 1.54) is 0 Å². The van der Waals surface area contributed by atoms with Gasteiger partial charge >= 0.3 is 6.09 Å². The minimum Gasteiger partial charge on any atom is -0.444 e. The summed E-state index contributed by atoms with van der Waals surface area (Å²) in [5.74, 6) is 0.453. The molecule has 1 saturated carbocycles. The minimum absolute atomic E-state index is 0.00544. The molecule has 0 bridgehead atoms. The SMILES string of the molecule is CC(C)(C)OC(=O)NCCCC1(NS(=O)C2(F)CC2)SCC1Cc1cccc(Br)c1F. The number of rotatable bonds is 9. The van der Waals surface area contributed by atoms with E-state index >= 15 is 0 Å². The molecule has 1 aromatic carbocycles. The first-order valence-electron chi connectivity index (χ1n) is 10.4. The van der Waals surface area contributed by atoms with Gasteiger partial charge < -0.3 is 10.1 Å². The van der Waals surface area contributed by atoms with Crippen molar-refractivity contribution >= 4 is 44.8 Å². The zero-order valence-electron chi connectivity index (χ0n) is 17.9. The van der Waals surface area contributed by atoms with Crippen LogP contribution in [0.3, 0.4) is 0 Å². The zero-order chi connectivity index (χ0) is 22.9. The lowest BCUT2D eigenvalue weighted by Gasteiger charge is -2.49. The van der Waals surface area contributed by atoms with Crippen molar-refractivity contribution in [2.24, 2.45) is 5.92 Å². The number of alkyl halides is 1. The van der Waals surface area contributed by atoms with Crippen molar-refractivity contribution in [1.82, 2.24) is 10.0 Å². The van der Waals surface area contributed by atoms with Gasteiger partial charge in [0.15, 0.2) is 5.00 Å². The smallest absolute Gasteiger partial charge is 0.407 e. The zero-order valence-corrected chi connectivity index (χ0v) is 21.2. The first-order chi connectivity index (χ1) is 14.4. The molecule has 5 nitrogen and oxygen atoms in total. The Balaban J connectivity index is 1.64. The molecule has 31 heavy (non-hydrogen) atoms. The summed E-state index contributed by atoms with van der Waals surface area (Å²) in [6.07, 6.45) is 1.70. The molecule has 3 rings (SSSR count). The van der Waals surface area contributed by atoms with Gasteiger partial charge in [-0.1, -0.05) is 12.1 Å². The Morgan fingerprint density at radius 1 is 1.39 bits per heavy atom. The molecule has 2 N–H and O–H groups in total. The Morgan fingerprint density at radius 2 is 2.10 bits per heavy atom. The number of benzene rings is 1. The van der Waals surface area contributed by atoms with E-state index in [-0.39, 0.29) is 11.7 Å². The summed E-state index contributed by atoms with van der Waals surface area (Å²) < 4.78 is 50.2. The molecule has 0 radical (unpaired) electrons. The normalized spacial score (nSPS) is 25.4. The summed E-state index contributed by atoms with van der Waals surface area (Å²) in [6, 6.07) is 5.18. The highest BCUT2D eigenvalue weighted by Crippen LogP contribution is 2.51. The molecule has 10 heteroatoms. The van der Waals surface area contributed by atoms with Crippen molar-refractivity contribution < 1.29 is 22.5 Å². The number of hydrogen-bond donors (Lipinski definition) is 2. The van der Waals surface area contributed by atoms with Gasteiger partial charge in [-0.2, -0.15) is 0 Å². The van der Waals surface area contributed by atoms with E-state index in [1.807, 2.05) is 0 Å². The first kappa shape index (κ1) is 24.9. The van der Waals surface area contributed by atoms with E-state index < -0.39 is 32.6 Å². The van der Waals surface area contributed by atoms with Gasteiger partial charge in [-0.15, -0.1) is 11.8 Å². The molecule has 3 unspecified atom stereocenters. The molecule has 2 aliphatic rings. The highest BCUT2D eigenvalue weighted by molar-refractivity contribution is 9.10. The molecule has 1 heterocycles. The molecule has 1 aromatic rings. The van der Waals surface area contributed by atoms with E-state index in [2.05, 4.69) is 26.0 Å². The monoisotopic (exact) mass is 538 g/mol.